The Bertz CT molecular complexity index is 227. The smallest absolute Gasteiger partial charge is 0.142 e. The molecular formula is C13H22O. The van der Waals surface area contributed by atoms with Crippen LogP contribution in [0.2, 0.25) is 0 Å². The Labute approximate surface area is 87.6 Å². The predicted molar refractivity (Wildman–Crippen MR) is 60.2 cm³/mol. The number of aldehydes is 1. The van der Waals surface area contributed by atoms with Crippen LogP contribution in [0.1, 0.15) is 52.9 Å². The van der Waals surface area contributed by atoms with Crippen molar-refractivity contribution >= 4 is 6.29 Å². The summed E-state index contributed by atoms with van der Waals surface area (Å²) in [6.45, 7) is 7.06. The molecular weight excluding hydrogens is 172 g/mol. The van der Waals surface area contributed by atoms with Gasteiger partial charge in [0.2, 0.25) is 0 Å². The number of allylic oxidation sites excluding steroid dienone is 2. The van der Waals surface area contributed by atoms with E-state index < -0.39 is 0 Å². The first-order valence-electron chi connectivity index (χ1n) is 5.58. The van der Waals surface area contributed by atoms with Crippen molar-refractivity contribution in [3.05, 3.63) is 12.2 Å². The van der Waals surface area contributed by atoms with E-state index in [0.717, 1.165) is 12.7 Å². The number of hydrogen-bond acceptors (Lipinski definition) is 1. The van der Waals surface area contributed by atoms with Gasteiger partial charge in [-0.25, -0.2) is 0 Å². The highest BCUT2D eigenvalue weighted by atomic mass is 16.1. The minimum absolute atomic E-state index is 0.418. The molecule has 0 aromatic heterocycles. The first-order chi connectivity index (χ1) is 6.47. The van der Waals surface area contributed by atoms with Crippen molar-refractivity contribution in [2.24, 2.45) is 10.8 Å². The Morgan fingerprint density at radius 1 is 1.21 bits per heavy atom. The van der Waals surface area contributed by atoms with E-state index >= 15 is 0 Å². The van der Waals surface area contributed by atoms with Crippen LogP contribution in [0, 0.1) is 10.8 Å². The van der Waals surface area contributed by atoms with Gasteiger partial charge in [0.15, 0.2) is 0 Å². The summed E-state index contributed by atoms with van der Waals surface area (Å²) in [5.74, 6) is 0. The number of carbonyl (C=O) groups is 1. The van der Waals surface area contributed by atoms with E-state index in [1.807, 2.05) is 6.08 Å². The Kier molecular flexibility index (Phi) is 3.52. The zero-order valence-electron chi connectivity index (χ0n) is 9.68. The van der Waals surface area contributed by atoms with Gasteiger partial charge in [0.25, 0.3) is 0 Å². The van der Waals surface area contributed by atoms with Gasteiger partial charge in [-0.05, 0) is 42.6 Å². The zero-order chi connectivity index (χ0) is 10.7. The lowest BCUT2D eigenvalue weighted by Crippen LogP contribution is -2.30. The van der Waals surface area contributed by atoms with E-state index in [0.29, 0.717) is 10.8 Å². The molecule has 0 heterocycles. The summed E-state index contributed by atoms with van der Waals surface area (Å²) in [5.41, 5.74) is 0.906. The zero-order valence-corrected chi connectivity index (χ0v) is 9.68. The van der Waals surface area contributed by atoms with Gasteiger partial charge in [-0.2, -0.15) is 0 Å². The number of hydrogen-bond donors (Lipinski definition) is 0. The number of carbonyl (C=O) groups excluding carboxylic acids is 1. The summed E-state index contributed by atoms with van der Waals surface area (Å²) >= 11 is 0. The predicted octanol–water partition coefficient (Wildman–Crippen LogP) is 3.74. The van der Waals surface area contributed by atoms with Crippen LogP contribution in [-0.2, 0) is 4.79 Å². The lowest BCUT2D eigenvalue weighted by Gasteiger charge is -2.42. The molecule has 1 aliphatic carbocycles. The Balaban J connectivity index is 2.55. The molecule has 0 aliphatic heterocycles. The molecule has 0 bridgehead atoms. The van der Waals surface area contributed by atoms with Crippen LogP contribution in [0.4, 0.5) is 0 Å². The third kappa shape index (κ3) is 3.28. The SMILES string of the molecule is CC1(C)CCCC(C)(CC=CC=O)C1. The largest absolute Gasteiger partial charge is 0.299 e. The van der Waals surface area contributed by atoms with Crippen LogP contribution < -0.4 is 0 Å². The quantitative estimate of drug-likeness (QED) is 0.494. The Morgan fingerprint density at radius 3 is 2.50 bits per heavy atom. The molecule has 0 aromatic carbocycles. The first-order valence-corrected chi connectivity index (χ1v) is 5.58. The minimum Gasteiger partial charge on any atom is -0.299 e. The second-order valence-electron chi connectivity index (χ2n) is 5.77. The molecule has 14 heavy (non-hydrogen) atoms. The minimum atomic E-state index is 0.418. The van der Waals surface area contributed by atoms with Crippen molar-refractivity contribution in [2.45, 2.75) is 52.9 Å². The molecule has 80 valence electrons. The maximum absolute atomic E-state index is 10.2. The molecule has 1 saturated carbocycles. The maximum Gasteiger partial charge on any atom is 0.142 e. The molecule has 1 heteroatoms. The maximum atomic E-state index is 10.2. The van der Waals surface area contributed by atoms with Crippen molar-refractivity contribution < 1.29 is 4.79 Å². The van der Waals surface area contributed by atoms with Gasteiger partial charge in [0.1, 0.15) is 6.29 Å². The monoisotopic (exact) mass is 194 g/mol. The first kappa shape index (κ1) is 11.5. The molecule has 1 aliphatic rings. The molecule has 0 amide bonds. The summed E-state index contributed by atoms with van der Waals surface area (Å²) in [4.78, 5) is 10.2. The molecule has 1 nitrogen and oxygen atoms in total. The van der Waals surface area contributed by atoms with Crippen LogP contribution in [0.5, 0.6) is 0 Å². The molecule has 1 rings (SSSR count). The Morgan fingerprint density at radius 2 is 1.93 bits per heavy atom. The third-order valence-corrected chi connectivity index (χ3v) is 3.36. The fraction of sp³-hybridized carbons (Fsp3) is 0.769. The van der Waals surface area contributed by atoms with E-state index in [-0.39, 0.29) is 0 Å². The molecule has 0 aromatic rings. The summed E-state index contributed by atoms with van der Waals surface area (Å²) in [6.07, 6.45) is 10.8. The highest BCUT2D eigenvalue weighted by Crippen LogP contribution is 2.47. The summed E-state index contributed by atoms with van der Waals surface area (Å²) in [5, 5.41) is 0. The molecule has 1 fully saturated rings. The van der Waals surface area contributed by atoms with Crippen LogP contribution >= 0.6 is 0 Å². The van der Waals surface area contributed by atoms with E-state index in [1.54, 1.807) is 6.08 Å². The normalized spacial score (nSPS) is 31.9. The standard InChI is InChI=1S/C13H22O/c1-12(2)7-6-9-13(3,11-12)8-4-5-10-14/h4-5,10H,6-9,11H2,1-3H3. The molecule has 1 atom stereocenters. The van der Waals surface area contributed by atoms with Crippen molar-refractivity contribution in [2.75, 3.05) is 0 Å². The summed E-state index contributed by atoms with van der Waals surface area (Å²) in [7, 11) is 0. The summed E-state index contributed by atoms with van der Waals surface area (Å²) in [6, 6.07) is 0. The molecule has 0 spiro atoms. The van der Waals surface area contributed by atoms with Crippen molar-refractivity contribution in [1.82, 2.24) is 0 Å². The van der Waals surface area contributed by atoms with Crippen molar-refractivity contribution in [3.63, 3.8) is 0 Å². The second kappa shape index (κ2) is 4.29. The second-order valence-corrected chi connectivity index (χ2v) is 5.77. The topological polar surface area (TPSA) is 17.1 Å². The third-order valence-electron chi connectivity index (χ3n) is 3.36. The van der Waals surface area contributed by atoms with Crippen LogP contribution in [0.3, 0.4) is 0 Å². The van der Waals surface area contributed by atoms with E-state index in [4.69, 9.17) is 0 Å². The highest BCUT2D eigenvalue weighted by molar-refractivity contribution is 5.64. The van der Waals surface area contributed by atoms with Gasteiger partial charge in [-0.3, -0.25) is 4.79 Å². The van der Waals surface area contributed by atoms with Crippen LogP contribution in [0.25, 0.3) is 0 Å². The van der Waals surface area contributed by atoms with E-state index in [2.05, 4.69) is 20.8 Å². The van der Waals surface area contributed by atoms with Gasteiger partial charge in [-0.15, -0.1) is 0 Å². The van der Waals surface area contributed by atoms with Gasteiger partial charge in [-0.1, -0.05) is 33.3 Å². The average molecular weight is 194 g/mol. The average Bonchev–Trinajstić information content (AvgIpc) is 2.01. The Hall–Kier alpha value is -0.590. The van der Waals surface area contributed by atoms with Gasteiger partial charge in [0.05, 0.1) is 0 Å². The molecule has 0 saturated heterocycles. The fourth-order valence-electron chi connectivity index (χ4n) is 2.91. The molecule has 0 N–H and O–H groups in total. The van der Waals surface area contributed by atoms with E-state index in [9.17, 15) is 4.79 Å². The van der Waals surface area contributed by atoms with Gasteiger partial charge >= 0.3 is 0 Å². The van der Waals surface area contributed by atoms with Crippen LogP contribution in [-0.4, -0.2) is 6.29 Å². The molecule has 0 radical (unpaired) electrons. The number of rotatable bonds is 3. The van der Waals surface area contributed by atoms with Gasteiger partial charge in [0, 0.05) is 0 Å². The molecule has 1 unspecified atom stereocenters. The fourth-order valence-corrected chi connectivity index (χ4v) is 2.91. The summed E-state index contributed by atoms with van der Waals surface area (Å²) < 4.78 is 0. The lowest BCUT2D eigenvalue weighted by molar-refractivity contribution is -0.104. The van der Waals surface area contributed by atoms with Crippen molar-refractivity contribution in [3.8, 4) is 0 Å². The highest BCUT2D eigenvalue weighted by Gasteiger charge is 2.35. The van der Waals surface area contributed by atoms with E-state index in [1.165, 1.54) is 25.7 Å². The van der Waals surface area contributed by atoms with Crippen molar-refractivity contribution in [1.29, 1.82) is 0 Å². The van der Waals surface area contributed by atoms with Crippen LogP contribution in [0.15, 0.2) is 12.2 Å². The lowest BCUT2D eigenvalue weighted by atomic mass is 9.63. The van der Waals surface area contributed by atoms with Gasteiger partial charge < -0.3 is 0 Å².